The van der Waals surface area contributed by atoms with Crippen molar-refractivity contribution in [2.75, 3.05) is 0 Å². The second kappa shape index (κ2) is 5.28. The summed E-state index contributed by atoms with van der Waals surface area (Å²) in [6.07, 6.45) is 0.862. The highest BCUT2D eigenvalue weighted by atomic mass is 32.1. The minimum atomic E-state index is -0.347. The Morgan fingerprint density at radius 3 is 2.67 bits per heavy atom. The smallest absolute Gasteiger partial charge is 0.0425 e. The molecule has 0 fully saturated rings. The molecule has 0 spiro atoms. The van der Waals surface area contributed by atoms with Gasteiger partial charge in [0.05, 0.1) is 0 Å². The molecule has 2 N–H and O–H groups in total. The quantitative estimate of drug-likeness (QED) is 0.728. The number of nitrogens with two attached hydrogens (primary N) is 1. The topological polar surface area (TPSA) is 26.0 Å². The Bertz CT molecular complexity index is 783. The first-order chi connectivity index (χ1) is 9.97. The Morgan fingerprint density at radius 2 is 1.86 bits per heavy atom. The van der Waals surface area contributed by atoms with Crippen LogP contribution in [0.4, 0.5) is 0 Å². The summed E-state index contributed by atoms with van der Waals surface area (Å²) in [4.78, 5) is 0. The Kier molecular flexibility index (Phi) is 3.60. The van der Waals surface area contributed by atoms with Crippen molar-refractivity contribution in [2.24, 2.45) is 5.73 Å². The van der Waals surface area contributed by atoms with Crippen LogP contribution in [0.5, 0.6) is 0 Å². The van der Waals surface area contributed by atoms with Gasteiger partial charge < -0.3 is 5.73 Å². The molecule has 0 radical (unpaired) electrons. The van der Waals surface area contributed by atoms with E-state index in [-0.39, 0.29) is 5.54 Å². The average Bonchev–Trinajstić information content (AvgIpc) is 2.84. The third kappa shape index (κ3) is 2.74. The van der Waals surface area contributed by atoms with E-state index in [1.807, 2.05) is 0 Å². The van der Waals surface area contributed by atoms with Crippen LogP contribution in [-0.4, -0.2) is 0 Å². The van der Waals surface area contributed by atoms with E-state index in [1.165, 1.54) is 32.3 Å². The fourth-order valence-electron chi connectivity index (χ4n) is 3.01. The first-order valence-electron chi connectivity index (χ1n) is 7.29. The Hall–Kier alpha value is -1.64. The number of thiophene rings is 1. The molecule has 2 heteroatoms. The molecular weight excluding hydrogens is 274 g/mol. The van der Waals surface area contributed by atoms with Crippen molar-refractivity contribution in [1.29, 1.82) is 0 Å². The van der Waals surface area contributed by atoms with Gasteiger partial charge in [0.25, 0.3) is 0 Å². The van der Waals surface area contributed by atoms with Crippen LogP contribution in [-0.2, 0) is 12.0 Å². The number of benzene rings is 2. The van der Waals surface area contributed by atoms with E-state index in [4.69, 9.17) is 5.73 Å². The SMILES string of the molecule is Cc1ccc(C)c(C(C)(N)Cc2csc3ccccc23)c1. The number of fused-ring (bicyclic) bond motifs is 1. The molecular formula is C19H21NS. The van der Waals surface area contributed by atoms with Crippen molar-refractivity contribution in [3.8, 4) is 0 Å². The summed E-state index contributed by atoms with van der Waals surface area (Å²) in [5.74, 6) is 0. The van der Waals surface area contributed by atoms with E-state index in [0.29, 0.717) is 0 Å². The minimum absolute atomic E-state index is 0.347. The van der Waals surface area contributed by atoms with Gasteiger partial charge in [0, 0.05) is 10.2 Å². The number of hydrogen-bond donors (Lipinski definition) is 1. The van der Waals surface area contributed by atoms with Gasteiger partial charge in [-0.3, -0.25) is 0 Å². The maximum Gasteiger partial charge on any atom is 0.0425 e. The van der Waals surface area contributed by atoms with E-state index in [2.05, 4.69) is 68.6 Å². The predicted molar refractivity (Wildman–Crippen MR) is 93.0 cm³/mol. The van der Waals surface area contributed by atoms with E-state index in [0.717, 1.165) is 6.42 Å². The highest BCUT2D eigenvalue weighted by molar-refractivity contribution is 7.17. The molecule has 2 aromatic carbocycles. The van der Waals surface area contributed by atoms with E-state index < -0.39 is 0 Å². The second-order valence-corrected chi connectivity index (χ2v) is 7.08. The summed E-state index contributed by atoms with van der Waals surface area (Å²) in [7, 11) is 0. The fraction of sp³-hybridized carbons (Fsp3) is 0.263. The van der Waals surface area contributed by atoms with Crippen molar-refractivity contribution in [3.63, 3.8) is 0 Å². The summed E-state index contributed by atoms with van der Waals surface area (Å²) in [6, 6.07) is 15.1. The van der Waals surface area contributed by atoms with Gasteiger partial charge in [0.1, 0.15) is 0 Å². The molecule has 1 nitrogen and oxygen atoms in total. The molecule has 0 aliphatic carbocycles. The molecule has 0 aliphatic rings. The molecule has 0 bridgehead atoms. The number of aryl methyl sites for hydroxylation is 2. The standard InChI is InChI=1S/C19H21NS/c1-13-8-9-14(2)17(10-13)19(3,20)11-15-12-21-18-7-5-4-6-16(15)18/h4-10,12H,11,20H2,1-3H3. The molecule has 21 heavy (non-hydrogen) atoms. The zero-order valence-corrected chi connectivity index (χ0v) is 13.6. The molecule has 0 amide bonds. The Labute approximate surface area is 130 Å². The van der Waals surface area contributed by atoms with Crippen LogP contribution >= 0.6 is 11.3 Å². The second-order valence-electron chi connectivity index (χ2n) is 6.17. The van der Waals surface area contributed by atoms with Gasteiger partial charge in [0.2, 0.25) is 0 Å². The molecule has 0 saturated heterocycles. The van der Waals surface area contributed by atoms with Gasteiger partial charge in [-0.1, -0.05) is 42.0 Å². The van der Waals surface area contributed by atoms with Gasteiger partial charge in [-0.05, 0) is 60.7 Å². The van der Waals surface area contributed by atoms with Gasteiger partial charge in [0.15, 0.2) is 0 Å². The van der Waals surface area contributed by atoms with Crippen molar-refractivity contribution >= 4 is 21.4 Å². The van der Waals surface area contributed by atoms with Crippen molar-refractivity contribution in [2.45, 2.75) is 32.7 Å². The summed E-state index contributed by atoms with van der Waals surface area (Å²) in [5, 5.41) is 3.59. The molecule has 1 heterocycles. The van der Waals surface area contributed by atoms with Crippen LogP contribution < -0.4 is 5.73 Å². The summed E-state index contributed by atoms with van der Waals surface area (Å²) in [6.45, 7) is 6.41. The predicted octanol–water partition coefficient (Wildman–Crippen LogP) is 4.93. The lowest BCUT2D eigenvalue weighted by molar-refractivity contribution is 0.490. The maximum absolute atomic E-state index is 6.69. The lowest BCUT2D eigenvalue weighted by Crippen LogP contribution is -2.36. The molecule has 1 unspecified atom stereocenters. The van der Waals surface area contributed by atoms with Crippen molar-refractivity contribution in [1.82, 2.24) is 0 Å². The number of rotatable bonds is 3. The third-order valence-corrected chi connectivity index (χ3v) is 5.14. The minimum Gasteiger partial charge on any atom is -0.321 e. The third-order valence-electron chi connectivity index (χ3n) is 4.13. The van der Waals surface area contributed by atoms with Gasteiger partial charge in [-0.2, -0.15) is 0 Å². The molecule has 0 saturated carbocycles. The zero-order valence-electron chi connectivity index (χ0n) is 12.8. The molecule has 1 atom stereocenters. The van der Waals surface area contributed by atoms with Crippen LogP contribution in [0.25, 0.3) is 10.1 Å². The van der Waals surface area contributed by atoms with Crippen molar-refractivity contribution < 1.29 is 0 Å². The van der Waals surface area contributed by atoms with Crippen LogP contribution in [0, 0.1) is 13.8 Å². The van der Waals surface area contributed by atoms with E-state index in [9.17, 15) is 0 Å². The van der Waals surface area contributed by atoms with Crippen LogP contribution in [0.1, 0.15) is 29.2 Å². The van der Waals surface area contributed by atoms with Gasteiger partial charge >= 0.3 is 0 Å². The van der Waals surface area contributed by atoms with Gasteiger partial charge in [-0.15, -0.1) is 11.3 Å². The molecule has 108 valence electrons. The number of hydrogen-bond acceptors (Lipinski definition) is 2. The largest absolute Gasteiger partial charge is 0.321 e. The summed E-state index contributed by atoms with van der Waals surface area (Å²) < 4.78 is 1.34. The first kappa shape index (κ1) is 14.3. The molecule has 1 aromatic heterocycles. The lowest BCUT2D eigenvalue weighted by atomic mass is 9.83. The zero-order chi connectivity index (χ0) is 15.0. The Morgan fingerprint density at radius 1 is 1.10 bits per heavy atom. The molecule has 3 rings (SSSR count). The highest BCUT2D eigenvalue weighted by Crippen LogP contribution is 2.32. The first-order valence-corrected chi connectivity index (χ1v) is 8.17. The Balaban J connectivity index is 2.01. The normalized spacial score (nSPS) is 14.3. The lowest BCUT2D eigenvalue weighted by Gasteiger charge is -2.27. The monoisotopic (exact) mass is 295 g/mol. The highest BCUT2D eigenvalue weighted by Gasteiger charge is 2.25. The van der Waals surface area contributed by atoms with Crippen molar-refractivity contribution in [3.05, 3.63) is 70.1 Å². The maximum atomic E-state index is 6.69. The van der Waals surface area contributed by atoms with Gasteiger partial charge in [-0.25, -0.2) is 0 Å². The van der Waals surface area contributed by atoms with E-state index in [1.54, 1.807) is 11.3 Å². The summed E-state index contributed by atoms with van der Waals surface area (Å²) >= 11 is 1.80. The van der Waals surface area contributed by atoms with Crippen LogP contribution in [0.3, 0.4) is 0 Å². The molecule has 3 aromatic rings. The average molecular weight is 295 g/mol. The van der Waals surface area contributed by atoms with Crippen LogP contribution in [0.15, 0.2) is 47.8 Å². The summed E-state index contributed by atoms with van der Waals surface area (Å²) in [5.41, 5.74) is 11.5. The fourth-order valence-corrected chi connectivity index (χ4v) is 3.97. The van der Waals surface area contributed by atoms with E-state index >= 15 is 0 Å². The van der Waals surface area contributed by atoms with Crippen LogP contribution in [0.2, 0.25) is 0 Å². The molecule has 0 aliphatic heterocycles.